The summed E-state index contributed by atoms with van der Waals surface area (Å²) in [5, 5.41) is 0. The molecule has 0 rings (SSSR count). The van der Waals surface area contributed by atoms with E-state index in [0.717, 1.165) is 89.9 Å². The summed E-state index contributed by atoms with van der Waals surface area (Å²) in [6, 6.07) is 0. The van der Waals surface area contributed by atoms with Crippen molar-refractivity contribution in [3.63, 3.8) is 0 Å². The van der Waals surface area contributed by atoms with Gasteiger partial charge in [0.2, 0.25) is 0 Å². The van der Waals surface area contributed by atoms with Crippen LogP contribution in [0.4, 0.5) is 0 Å². The fourth-order valence-electron chi connectivity index (χ4n) is 10.6. The van der Waals surface area contributed by atoms with Gasteiger partial charge in [0.1, 0.15) is 13.2 Å². The van der Waals surface area contributed by atoms with Crippen LogP contribution in [0.5, 0.6) is 0 Å². The van der Waals surface area contributed by atoms with E-state index < -0.39 is 6.10 Å². The van der Waals surface area contributed by atoms with Gasteiger partial charge in [-0.15, -0.1) is 0 Å². The molecule has 0 aliphatic heterocycles. The van der Waals surface area contributed by atoms with Gasteiger partial charge in [-0.25, -0.2) is 0 Å². The molecule has 0 amide bonds. The summed E-state index contributed by atoms with van der Waals surface area (Å²) in [4.78, 5) is 38.3. The van der Waals surface area contributed by atoms with Gasteiger partial charge in [0.05, 0.1) is 0 Å². The summed E-state index contributed by atoms with van der Waals surface area (Å²) in [5.41, 5.74) is 0. The third-order valence-electron chi connectivity index (χ3n) is 15.9. The average Bonchev–Trinajstić information content (AvgIpc) is 3.49. The number of carbonyl (C=O) groups excluding carboxylic acids is 3. The van der Waals surface area contributed by atoms with Crippen molar-refractivity contribution in [2.24, 2.45) is 0 Å². The Morgan fingerprint density at radius 1 is 0.253 bits per heavy atom. The number of allylic oxidation sites excluding steroid dienone is 14. The minimum Gasteiger partial charge on any atom is -0.462 e. The highest BCUT2D eigenvalue weighted by Gasteiger charge is 2.19. The van der Waals surface area contributed by atoms with E-state index in [1.54, 1.807) is 0 Å². The van der Waals surface area contributed by atoms with Crippen molar-refractivity contribution in [2.45, 2.75) is 374 Å². The van der Waals surface area contributed by atoms with E-state index in [2.05, 4.69) is 99.8 Å². The number of ether oxygens (including phenoxy) is 3. The van der Waals surface area contributed by atoms with Gasteiger partial charge in [-0.2, -0.15) is 0 Å². The largest absolute Gasteiger partial charge is 0.462 e. The monoisotopic (exact) mass is 1160 g/mol. The van der Waals surface area contributed by atoms with E-state index in [-0.39, 0.29) is 37.5 Å². The number of esters is 3. The molecule has 0 aromatic rings. The zero-order valence-electron chi connectivity index (χ0n) is 55.2. The molecular formula is C77H136O6. The van der Waals surface area contributed by atoms with Gasteiger partial charge in [0, 0.05) is 19.3 Å². The minimum atomic E-state index is -0.811. The van der Waals surface area contributed by atoms with Crippen LogP contribution in [0.15, 0.2) is 85.1 Å². The summed E-state index contributed by atoms with van der Waals surface area (Å²) in [6.07, 6.45) is 95.3. The van der Waals surface area contributed by atoms with Gasteiger partial charge in [0.15, 0.2) is 6.10 Å². The molecule has 0 spiro atoms. The molecule has 0 aliphatic rings. The zero-order chi connectivity index (χ0) is 59.9. The summed E-state index contributed by atoms with van der Waals surface area (Å²) in [5.74, 6) is -0.981. The van der Waals surface area contributed by atoms with E-state index in [1.165, 1.54) is 231 Å². The molecule has 1 unspecified atom stereocenters. The Bertz CT molecular complexity index is 1570. The lowest BCUT2D eigenvalue weighted by atomic mass is 10.0. The molecule has 0 N–H and O–H groups in total. The van der Waals surface area contributed by atoms with Crippen LogP contribution < -0.4 is 0 Å². The summed E-state index contributed by atoms with van der Waals surface area (Å²) in [6.45, 7) is 6.39. The first-order valence-corrected chi connectivity index (χ1v) is 36.1. The molecule has 0 aliphatic carbocycles. The van der Waals surface area contributed by atoms with Crippen molar-refractivity contribution < 1.29 is 28.6 Å². The highest BCUT2D eigenvalue weighted by molar-refractivity contribution is 5.71. The van der Waals surface area contributed by atoms with Gasteiger partial charge < -0.3 is 14.2 Å². The van der Waals surface area contributed by atoms with E-state index in [9.17, 15) is 14.4 Å². The van der Waals surface area contributed by atoms with Crippen LogP contribution in [0.3, 0.4) is 0 Å². The number of rotatable bonds is 66. The van der Waals surface area contributed by atoms with Crippen molar-refractivity contribution >= 4 is 17.9 Å². The molecule has 0 bridgehead atoms. The summed E-state index contributed by atoms with van der Waals surface area (Å²) < 4.78 is 16.9. The Morgan fingerprint density at radius 3 is 0.807 bits per heavy atom. The van der Waals surface area contributed by atoms with Gasteiger partial charge in [-0.1, -0.05) is 356 Å². The number of hydrogen-bond acceptors (Lipinski definition) is 6. The predicted molar refractivity (Wildman–Crippen MR) is 362 cm³/mol. The van der Waals surface area contributed by atoms with Crippen molar-refractivity contribution in [2.75, 3.05) is 13.2 Å². The third-order valence-corrected chi connectivity index (χ3v) is 15.9. The summed E-state index contributed by atoms with van der Waals surface area (Å²) in [7, 11) is 0. The second-order valence-corrected chi connectivity index (χ2v) is 24.1. The van der Waals surface area contributed by atoms with Crippen molar-refractivity contribution in [3.8, 4) is 0 Å². The smallest absolute Gasteiger partial charge is 0.306 e. The molecule has 0 saturated heterocycles. The fraction of sp³-hybridized carbons (Fsp3) is 0.779. The molecule has 1 atom stereocenters. The molecule has 6 nitrogen and oxygen atoms in total. The standard InChI is InChI=1S/C77H136O6/c1-4-7-10-13-16-19-22-25-27-29-30-31-32-33-34-35-36-37-38-39-40-41-42-43-44-45-46-48-49-52-55-58-61-64-67-70-76(79)82-73-74(72-81-75(78)69-66-63-60-57-54-51-24-21-18-15-12-9-6-3)83-77(80)71-68-65-62-59-56-53-50-47-28-26-23-20-17-14-11-8-5-2/h8-9,11-12,17-18,20-21,26,28,51,54,60,63,74H,4-7,10,13-16,19,22-25,27,29-50,52-53,55-59,61-62,64-73H2,1-3H3/b11-8-,12-9-,20-17-,21-18-,28-26-,54-51-,63-60-. The van der Waals surface area contributed by atoms with Gasteiger partial charge >= 0.3 is 17.9 Å². The number of unbranched alkanes of at least 4 members (excludes halogenated alkanes) is 41. The minimum absolute atomic E-state index is 0.100. The molecular weight excluding hydrogens is 1020 g/mol. The van der Waals surface area contributed by atoms with Crippen LogP contribution in [0.1, 0.15) is 367 Å². The van der Waals surface area contributed by atoms with Gasteiger partial charge in [-0.3, -0.25) is 14.4 Å². The Hall–Kier alpha value is -3.41. The highest BCUT2D eigenvalue weighted by atomic mass is 16.6. The maximum Gasteiger partial charge on any atom is 0.306 e. The molecule has 0 aromatic carbocycles. The Morgan fingerprint density at radius 2 is 0.494 bits per heavy atom. The first-order valence-electron chi connectivity index (χ1n) is 36.1. The first-order chi connectivity index (χ1) is 41.0. The molecule has 0 aromatic heterocycles. The zero-order valence-corrected chi connectivity index (χ0v) is 55.2. The van der Waals surface area contributed by atoms with Crippen molar-refractivity contribution in [1.29, 1.82) is 0 Å². The SMILES string of the molecule is CC/C=C\C/C=C\C/C=C\C/C=C\CCC(=O)OCC(COC(=O)CCCCCCCCCCCCCCCCCCCCCCCCCCCCCCCCCCCCC)OC(=O)CCCCCCCCC/C=C\C/C=C\C/C=C\CC. The third kappa shape index (κ3) is 69.3. The highest BCUT2D eigenvalue weighted by Crippen LogP contribution is 2.19. The normalized spacial score (nSPS) is 12.6. The lowest BCUT2D eigenvalue weighted by Crippen LogP contribution is -2.30. The molecule has 0 fully saturated rings. The predicted octanol–water partition coefficient (Wildman–Crippen LogP) is 25.0. The van der Waals surface area contributed by atoms with Crippen LogP contribution in [-0.2, 0) is 28.6 Å². The van der Waals surface area contributed by atoms with E-state index in [0.29, 0.717) is 19.3 Å². The Kier molecular flexibility index (Phi) is 68.2. The fourth-order valence-corrected chi connectivity index (χ4v) is 10.6. The molecule has 0 saturated carbocycles. The Labute approximate surface area is 515 Å². The second kappa shape index (κ2) is 71.1. The molecule has 0 radical (unpaired) electrons. The number of hydrogen-bond donors (Lipinski definition) is 0. The van der Waals surface area contributed by atoms with E-state index in [1.807, 2.05) is 6.08 Å². The lowest BCUT2D eigenvalue weighted by molar-refractivity contribution is -0.166. The second-order valence-electron chi connectivity index (χ2n) is 24.1. The molecule has 6 heteroatoms. The van der Waals surface area contributed by atoms with Gasteiger partial charge in [-0.05, 0) is 77.0 Å². The number of carbonyl (C=O) groups is 3. The molecule has 83 heavy (non-hydrogen) atoms. The summed E-state index contributed by atoms with van der Waals surface area (Å²) >= 11 is 0. The van der Waals surface area contributed by atoms with E-state index in [4.69, 9.17) is 14.2 Å². The van der Waals surface area contributed by atoms with Gasteiger partial charge in [0.25, 0.3) is 0 Å². The quantitative estimate of drug-likeness (QED) is 0.0261. The first kappa shape index (κ1) is 79.6. The van der Waals surface area contributed by atoms with Crippen LogP contribution in [0.25, 0.3) is 0 Å². The average molecular weight is 1160 g/mol. The lowest BCUT2D eigenvalue weighted by Gasteiger charge is -2.18. The van der Waals surface area contributed by atoms with Crippen molar-refractivity contribution in [1.82, 2.24) is 0 Å². The molecule has 0 heterocycles. The van der Waals surface area contributed by atoms with Crippen LogP contribution in [-0.4, -0.2) is 37.2 Å². The van der Waals surface area contributed by atoms with Crippen LogP contribution in [0.2, 0.25) is 0 Å². The molecule has 480 valence electrons. The maximum absolute atomic E-state index is 12.9. The topological polar surface area (TPSA) is 78.9 Å². The van der Waals surface area contributed by atoms with Crippen LogP contribution >= 0.6 is 0 Å². The van der Waals surface area contributed by atoms with Crippen molar-refractivity contribution in [3.05, 3.63) is 85.1 Å². The van der Waals surface area contributed by atoms with E-state index >= 15 is 0 Å². The Balaban J connectivity index is 4.11. The van der Waals surface area contributed by atoms with Crippen LogP contribution in [0, 0.1) is 0 Å². The maximum atomic E-state index is 12.9.